The van der Waals surface area contributed by atoms with E-state index in [-0.39, 0.29) is 120 Å². The number of nitrogens with two attached hydrogens (primary N) is 1. The lowest BCUT2D eigenvalue weighted by Crippen LogP contribution is -2.53. The number of carbonyl (C=O) groups is 14. The highest BCUT2D eigenvalue weighted by atomic mass is 32.2. The summed E-state index contributed by atoms with van der Waals surface area (Å²) in [6, 6.07) is 12.1. The number of hydrogen-bond donors (Lipinski definition) is 11. The summed E-state index contributed by atoms with van der Waals surface area (Å²) in [5, 5.41) is 51.8. The van der Waals surface area contributed by atoms with Crippen LogP contribution in [0.5, 0.6) is 0 Å². The van der Waals surface area contributed by atoms with Crippen molar-refractivity contribution in [3.8, 4) is 0 Å². The minimum absolute atomic E-state index is 0.00396. The first-order chi connectivity index (χ1) is 46.0. The van der Waals surface area contributed by atoms with Gasteiger partial charge in [0.25, 0.3) is 0 Å². The molecule has 7 atom stereocenters. The summed E-state index contributed by atoms with van der Waals surface area (Å²) < 4.78 is 33.4. The summed E-state index contributed by atoms with van der Waals surface area (Å²) in [5.41, 5.74) is 9.39. The lowest BCUT2D eigenvalue weighted by atomic mass is 9.89. The van der Waals surface area contributed by atoms with Gasteiger partial charge >= 0.3 is 36.1 Å². The van der Waals surface area contributed by atoms with E-state index in [9.17, 15) is 82.4 Å². The third-order valence-electron chi connectivity index (χ3n) is 16.3. The van der Waals surface area contributed by atoms with Gasteiger partial charge in [0, 0.05) is 120 Å². The highest BCUT2D eigenvalue weighted by Crippen LogP contribution is 2.39. The van der Waals surface area contributed by atoms with Crippen LogP contribution in [0.25, 0.3) is 6.08 Å². The molecule has 1 aromatic heterocycles. The molecule has 0 radical (unpaired) electrons. The summed E-state index contributed by atoms with van der Waals surface area (Å²) >= 11 is 0.764. The molecule has 2 aromatic carbocycles. The number of nitrogens with one attached hydrogen (secondary N) is 6. The number of unbranched alkanes of at least 4 members (excludes halogenated alkanes) is 1. The maximum atomic E-state index is 15.8. The Labute approximate surface area is 560 Å². The molecule has 522 valence electrons. The minimum atomic E-state index is -3.43. The lowest BCUT2D eigenvalue weighted by molar-refractivity contribution is -0.674. The topological polar surface area (TPSA) is 429 Å². The third kappa shape index (κ3) is 23.0. The van der Waals surface area contributed by atoms with Crippen LogP contribution in [0, 0.1) is 25.7 Å². The normalized spacial score (nSPS) is 16.3. The number of likely N-dealkylation sites (tertiary alicyclic amines) is 1. The molecule has 3 aromatic rings. The number of ketones is 3. The summed E-state index contributed by atoms with van der Waals surface area (Å²) in [7, 11) is 0. The maximum Gasteiger partial charge on any atom is 0.565 e. The highest BCUT2D eigenvalue weighted by Gasteiger charge is 2.54. The first kappa shape index (κ1) is 76.2. The van der Waals surface area contributed by atoms with E-state index in [0.29, 0.717) is 28.1 Å². The molecule has 12 N–H and O–H groups in total. The summed E-state index contributed by atoms with van der Waals surface area (Å²) in [6.07, 6.45) is -1.83. The van der Waals surface area contributed by atoms with Crippen molar-refractivity contribution in [1.82, 2.24) is 41.4 Å². The third-order valence-corrected chi connectivity index (χ3v) is 17.7. The van der Waals surface area contributed by atoms with E-state index >= 15 is 8.78 Å². The molecule has 1 fully saturated rings. The molecule has 1 saturated heterocycles. The number of aliphatic carboxylic acids is 4. The van der Waals surface area contributed by atoms with Crippen molar-refractivity contribution < 1.29 is 101 Å². The number of benzene rings is 2. The second kappa shape index (κ2) is 36.4. The molecule has 0 bridgehead atoms. The minimum Gasteiger partial charge on any atom is -0.481 e. The van der Waals surface area contributed by atoms with Crippen LogP contribution in [-0.4, -0.2) is 184 Å². The number of Topliss-reactive ketones (excluding diaryl/α,β-unsaturated/α-hetero) is 3. The molecule has 0 aliphatic carbocycles. The molecule has 8 amide bonds. The number of aryl methyl sites for hydroxylation is 2. The van der Waals surface area contributed by atoms with Gasteiger partial charge in [0.1, 0.15) is 17.9 Å². The quantitative estimate of drug-likeness (QED) is 0.0168. The van der Waals surface area contributed by atoms with Gasteiger partial charge in [-0.15, -0.1) is 25.1 Å². The molecule has 0 spiro atoms. The van der Waals surface area contributed by atoms with Gasteiger partial charge in [-0.25, -0.2) is 14.2 Å². The van der Waals surface area contributed by atoms with Crippen molar-refractivity contribution in [1.29, 1.82) is 0 Å². The average molecular weight is 1370 g/mol. The van der Waals surface area contributed by atoms with Gasteiger partial charge in [-0.1, -0.05) is 60.7 Å². The predicted octanol–water partition coefficient (Wildman–Crippen LogP) is 2.88. The smallest absolute Gasteiger partial charge is 0.481 e. The van der Waals surface area contributed by atoms with Crippen LogP contribution in [0.3, 0.4) is 0 Å². The molecule has 6 rings (SSSR count). The van der Waals surface area contributed by atoms with Crippen LogP contribution in [0.1, 0.15) is 118 Å². The van der Waals surface area contributed by atoms with E-state index < -0.39 is 156 Å². The Morgan fingerprint density at radius 1 is 0.670 bits per heavy atom. The van der Waals surface area contributed by atoms with Crippen LogP contribution in [0.2, 0.25) is 0 Å². The first-order valence-electron chi connectivity index (χ1n) is 31.6. The lowest BCUT2D eigenvalue weighted by Gasteiger charge is -2.23. The molecular formula is C66H81F2N10O18S+. The van der Waals surface area contributed by atoms with Gasteiger partial charge in [-0.2, -0.15) is 0 Å². The van der Waals surface area contributed by atoms with Crippen molar-refractivity contribution in [3.63, 3.8) is 0 Å². The van der Waals surface area contributed by atoms with Gasteiger partial charge in [0.2, 0.25) is 41.1 Å². The Balaban J connectivity index is 0.971. The maximum absolute atomic E-state index is 15.8. The van der Waals surface area contributed by atoms with E-state index in [0.717, 1.165) is 25.8 Å². The largest absolute Gasteiger partial charge is 0.565 e. The Hall–Kier alpha value is -9.78. The second-order valence-electron chi connectivity index (χ2n) is 23.8. The Bertz CT molecular complexity index is 3560. The van der Waals surface area contributed by atoms with Crippen molar-refractivity contribution in [2.75, 3.05) is 31.9 Å². The molecule has 3 aliphatic heterocycles. The summed E-state index contributed by atoms with van der Waals surface area (Å²) in [6.45, 7) is 2.26. The van der Waals surface area contributed by atoms with E-state index in [1.165, 1.54) is 6.08 Å². The number of hydrogen-bond acceptors (Lipinski definition) is 16. The zero-order valence-corrected chi connectivity index (χ0v) is 54.4. The average Bonchev–Trinajstić information content (AvgIpc) is 1.60. The number of allylic oxidation sites excluding steroid dienone is 2. The van der Waals surface area contributed by atoms with Gasteiger partial charge < -0.3 is 58.1 Å². The molecule has 3 aliphatic rings. The summed E-state index contributed by atoms with van der Waals surface area (Å²) in [5.74, 6) is -14.8. The van der Waals surface area contributed by atoms with Gasteiger partial charge in [0.05, 0.1) is 35.4 Å². The van der Waals surface area contributed by atoms with E-state index in [2.05, 4.69) is 31.9 Å². The van der Waals surface area contributed by atoms with Crippen molar-refractivity contribution in [2.45, 2.75) is 152 Å². The zero-order chi connectivity index (χ0) is 71.1. The van der Waals surface area contributed by atoms with E-state index in [1.54, 1.807) is 92.7 Å². The first-order valence-corrected chi connectivity index (χ1v) is 32.6. The molecule has 4 heterocycles. The number of halogens is 2. The number of amides is 8. The number of carboxylic acid groups (broad SMARTS) is 4. The number of carbonyl (C=O) groups excluding carboxylic acids is 10. The second-order valence-corrected chi connectivity index (χ2v) is 25.1. The fourth-order valence-electron chi connectivity index (χ4n) is 11.2. The van der Waals surface area contributed by atoms with Crippen LogP contribution >= 0.6 is 11.8 Å². The number of carboxylic acids is 4. The Kier molecular flexibility index (Phi) is 28.6. The Morgan fingerprint density at radius 3 is 1.97 bits per heavy atom. The molecular weight excluding hydrogens is 1290 g/mol. The molecule has 31 heteroatoms. The number of nitrogens with zero attached hydrogens (tertiary/aromatic N) is 3. The number of thioether (sulfide) groups is 1. The van der Waals surface area contributed by atoms with Crippen LogP contribution in [0.4, 0.5) is 13.6 Å². The zero-order valence-electron chi connectivity index (χ0n) is 53.6. The number of urea groups is 1. The molecule has 0 saturated carbocycles. The number of alkyl halides is 2. The fraction of sp³-hybridized carbons (Fsp3) is 0.470. The van der Waals surface area contributed by atoms with Gasteiger partial charge in [-0.3, -0.25) is 62.4 Å². The van der Waals surface area contributed by atoms with Crippen LogP contribution < -0.4 is 37.6 Å². The van der Waals surface area contributed by atoms with E-state index in [4.69, 9.17) is 10.8 Å². The van der Waals surface area contributed by atoms with Gasteiger partial charge in [0.15, 0.2) is 17.3 Å². The van der Waals surface area contributed by atoms with Crippen LogP contribution in [-0.2, 0) is 81.3 Å². The number of imide groups is 1. The molecule has 1 unspecified atom stereocenters. The SMILES string of the molecule is Cc1cc(C)n2c1C=C1C=CC(CCC(=O)NCCN3C(=O)CC(SC[C@H](CC(=O)[C@H](CC(=O)O)NC(=O)[C@@H](N)CNC(=O)[C@@H](CC(=O)[C@H](Cc4ccccc4)NC(=O)CCCCC(=O)CC[C@H](NC(=O)NCCCC(=O)O)C(=O)O)Cc4ccccc4)C(=O)O)C3=O)=[N+]1C2(F)F. The number of rotatable bonds is 42. The van der Waals surface area contributed by atoms with E-state index in [1.807, 2.05) is 0 Å². The summed E-state index contributed by atoms with van der Waals surface area (Å²) in [4.78, 5) is 181. The fourth-order valence-corrected chi connectivity index (χ4v) is 12.5. The van der Waals surface area contributed by atoms with Crippen molar-refractivity contribution in [3.05, 3.63) is 113 Å². The van der Waals surface area contributed by atoms with Gasteiger partial charge in [-0.05, 0) is 75.1 Å². The van der Waals surface area contributed by atoms with Crippen molar-refractivity contribution >= 4 is 106 Å². The van der Waals surface area contributed by atoms with Crippen molar-refractivity contribution in [2.24, 2.45) is 17.6 Å². The van der Waals surface area contributed by atoms with Crippen LogP contribution in [0.15, 0.2) is 84.6 Å². The number of fused-ring (bicyclic) bond motifs is 2. The molecule has 28 nitrogen and oxygen atoms in total. The monoisotopic (exact) mass is 1370 g/mol. The molecule has 97 heavy (non-hydrogen) atoms. The Morgan fingerprint density at radius 2 is 1.32 bits per heavy atom. The predicted molar refractivity (Wildman–Crippen MR) is 345 cm³/mol. The number of aromatic nitrogens is 1. The highest BCUT2D eigenvalue weighted by molar-refractivity contribution is 8.00. The standard InChI is InChI=1S/C66H80F2N10O18S/c1-38-28-39(2)77-51(38)33-45-20-19-44(78(45)66(77,67)68)21-24-55(82)70-26-27-76-57(84)35-54(62(76)91)97-37-43(63(92)93)32-53(81)50(34-59(87)88)74-61(90)47(69)36-72-60(89)42(29-40-12-5-3-6-13-40)31-52(80)49(30-41-14-7-4-8-15-41)73-56(83)17-10-9-16-46(79)22-23-48(64(94)95)75-65(96)71-25-11-18-58(85)86/h3-8,12-15,19-20,28,33,42-43,47-50,54H,9-11,16-18,21-27,29-32,34-37,69H2,1-2H3,(H9-,70,71,72,73,74,75,82,83,85,86,87,88,89,90,92,93,94,95,96)/p+1/t42-,43+,47+,48+,49+,50+,54?/m1/s1.